The summed E-state index contributed by atoms with van der Waals surface area (Å²) in [5, 5.41) is 22.0. The van der Waals surface area contributed by atoms with Crippen LogP contribution in [0.4, 0.5) is 0 Å². The minimum Gasteiger partial charge on any atom is -0.480 e. The Kier molecular flexibility index (Phi) is 18.0. The number of carbonyl (C=O) groups excluding carboxylic acids is 7. The predicted octanol–water partition coefficient (Wildman–Crippen LogP) is -2.07. The molecule has 0 aliphatic heterocycles. The van der Waals surface area contributed by atoms with Gasteiger partial charge in [0, 0.05) is 12.8 Å². The van der Waals surface area contributed by atoms with Crippen LogP contribution in [0.1, 0.15) is 65.4 Å². The van der Waals surface area contributed by atoms with Gasteiger partial charge in [-0.1, -0.05) is 64.4 Å². The van der Waals surface area contributed by atoms with E-state index in [2.05, 4.69) is 26.6 Å². The number of rotatable bonds is 22. The van der Waals surface area contributed by atoms with Gasteiger partial charge in [0.2, 0.25) is 41.4 Å². The van der Waals surface area contributed by atoms with Gasteiger partial charge in [0.1, 0.15) is 24.2 Å². The number of nitrogens with two attached hydrogens (primary N) is 3. The highest BCUT2D eigenvalue weighted by molar-refractivity contribution is 5.97. The number of aliphatic carboxylic acids is 1. The van der Waals surface area contributed by atoms with Crippen LogP contribution in [0, 0.1) is 11.8 Å². The molecule has 6 atom stereocenters. The van der Waals surface area contributed by atoms with Crippen LogP contribution in [-0.4, -0.2) is 89.2 Å². The normalized spacial score (nSPS) is 14.6. The molecule has 0 aliphatic carbocycles. The number of hydrogen-bond donors (Lipinski definition) is 9. The van der Waals surface area contributed by atoms with Crippen molar-refractivity contribution < 1.29 is 43.5 Å². The maximum atomic E-state index is 13.6. The third-order valence-electron chi connectivity index (χ3n) is 7.55. The fourth-order valence-corrected chi connectivity index (χ4v) is 4.63. The summed E-state index contributed by atoms with van der Waals surface area (Å²) in [5.74, 6) is -7.49. The van der Waals surface area contributed by atoms with Gasteiger partial charge in [0.05, 0.1) is 19.0 Å². The van der Waals surface area contributed by atoms with Gasteiger partial charge in [-0.3, -0.25) is 33.6 Å². The van der Waals surface area contributed by atoms with Crippen molar-refractivity contribution in [1.29, 1.82) is 0 Å². The molecule has 0 saturated heterocycles. The highest BCUT2D eigenvalue weighted by Crippen LogP contribution is 2.13. The van der Waals surface area contributed by atoms with Crippen molar-refractivity contribution in [3.63, 3.8) is 0 Å². The fraction of sp³-hybridized carbons (Fsp3) is 0.562. The molecule has 1 aromatic rings. The molecule has 0 fully saturated rings. The second kappa shape index (κ2) is 21.0. The monoisotopic (exact) mass is 690 g/mol. The maximum absolute atomic E-state index is 13.6. The summed E-state index contributed by atoms with van der Waals surface area (Å²) in [6, 6.07) is 2.37. The van der Waals surface area contributed by atoms with E-state index in [4.69, 9.17) is 17.2 Å². The van der Waals surface area contributed by atoms with Gasteiger partial charge in [0.25, 0.3) is 0 Å². The van der Waals surface area contributed by atoms with Crippen LogP contribution >= 0.6 is 0 Å². The Bertz CT molecular complexity index is 1320. The lowest BCUT2D eigenvalue weighted by molar-refractivity contribution is -0.142. The van der Waals surface area contributed by atoms with E-state index < -0.39 is 96.4 Å². The van der Waals surface area contributed by atoms with E-state index in [1.165, 1.54) is 0 Å². The van der Waals surface area contributed by atoms with Gasteiger partial charge < -0.3 is 48.9 Å². The summed E-state index contributed by atoms with van der Waals surface area (Å²) < 4.78 is 0. The molecule has 0 spiro atoms. The van der Waals surface area contributed by atoms with Gasteiger partial charge >= 0.3 is 5.97 Å². The Morgan fingerprint density at radius 2 is 1.35 bits per heavy atom. The zero-order chi connectivity index (χ0) is 37.3. The van der Waals surface area contributed by atoms with Gasteiger partial charge in [-0.15, -0.1) is 0 Å². The van der Waals surface area contributed by atoms with E-state index in [0.29, 0.717) is 12.0 Å². The number of hydrogen-bond acceptors (Lipinski definition) is 9. The molecule has 7 amide bonds. The molecule has 0 saturated carbocycles. The molecule has 0 radical (unpaired) electrons. The van der Waals surface area contributed by atoms with E-state index >= 15 is 0 Å². The number of primary amides is 2. The van der Waals surface area contributed by atoms with E-state index in [1.807, 2.05) is 0 Å². The van der Waals surface area contributed by atoms with Crippen LogP contribution in [0.15, 0.2) is 30.3 Å². The zero-order valence-electron chi connectivity index (χ0n) is 28.3. The molecule has 49 heavy (non-hydrogen) atoms. The molecule has 17 nitrogen and oxygen atoms in total. The number of carboxylic acid groups (broad SMARTS) is 1. The summed E-state index contributed by atoms with van der Waals surface area (Å²) in [6.45, 7) is 6.43. The molecule has 1 rings (SSSR count). The van der Waals surface area contributed by atoms with Gasteiger partial charge in [-0.05, 0) is 30.2 Å². The maximum Gasteiger partial charge on any atom is 0.326 e. The van der Waals surface area contributed by atoms with Crippen LogP contribution in [0.25, 0.3) is 0 Å². The summed E-state index contributed by atoms with van der Waals surface area (Å²) >= 11 is 0. The molecule has 0 bridgehead atoms. The van der Waals surface area contributed by atoms with Crippen LogP contribution in [-0.2, 0) is 44.8 Å². The third kappa shape index (κ3) is 16.1. The minimum atomic E-state index is -1.53. The SMILES string of the molecule is CC[C@H](C)[C@H](NC(=O)[C@H](CC(C)C)NC(=O)[C@H](CC(N)=O)NC(=O)CNC(=O)[C@@H](N)CCC(N)=O)C(=O)N[C@@H](Cc1ccccc1)C(=O)O. The highest BCUT2D eigenvalue weighted by atomic mass is 16.4. The second-order valence-corrected chi connectivity index (χ2v) is 12.3. The molecule has 0 heterocycles. The van der Waals surface area contributed by atoms with Crippen molar-refractivity contribution in [3.8, 4) is 0 Å². The van der Waals surface area contributed by atoms with Crippen LogP contribution in [0.3, 0.4) is 0 Å². The van der Waals surface area contributed by atoms with Crippen molar-refractivity contribution >= 4 is 47.3 Å². The van der Waals surface area contributed by atoms with Gasteiger partial charge in [0.15, 0.2) is 0 Å². The molecular formula is C32H50N8O9. The summed E-state index contributed by atoms with van der Waals surface area (Å²) in [4.78, 5) is 99.6. The fourth-order valence-electron chi connectivity index (χ4n) is 4.63. The molecule has 12 N–H and O–H groups in total. The second-order valence-electron chi connectivity index (χ2n) is 12.3. The Morgan fingerprint density at radius 1 is 0.755 bits per heavy atom. The first-order valence-electron chi connectivity index (χ1n) is 16.0. The number of nitrogens with one attached hydrogen (secondary N) is 5. The standard InChI is InChI=1S/C32H50N8O9/c1-5-18(4)27(31(47)39-23(32(48)49)14-19-9-7-6-8-10-19)40-30(46)21(13-17(2)3)38-29(45)22(15-25(35)42)37-26(43)16-36-28(44)20(33)11-12-24(34)41/h6-10,17-18,20-23,27H,5,11-16,33H2,1-4H3,(H2,34,41)(H2,35,42)(H,36,44)(H,37,43)(H,38,45)(H,39,47)(H,40,46)(H,48,49)/t18-,20-,21-,22-,23-,27-/m0/s1. The Hall–Kier alpha value is -5.06. The lowest BCUT2D eigenvalue weighted by atomic mass is 9.96. The number of carbonyl (C=O) groups is 8. The van der Waals surface area contributed by atoms with Gasteiger partial charge in [-0.2, -0.15) is 0 Å². The van der Waals surface area contributed by atoms with Crippen molar-refractivity contribution in [2.24, 2.45) is 29.0 Å². The quantitative estimate of drug-likeness (QED) is 0.0640. The molecule has 0 aliphatic rings. The van der Waals surface area contributed by atoms with Crippen molar-refractivity contribution in [2.45, 2.75) is 96.4 Å². The average Bonchev–Trinajstić information content (AvgIpc) is 3.03. The smallest absolute Gasteiger partial charge is 0.326 e. The van der Waals surface area contributed by atoms with Crippen molar-refractivity contribution in [3.05, 3.63) is 35.9 Å². The molecule has 17 heteroatoms. The first-order valence-corrected chi connectivity index (χ1v) is 16.0. The van der Waals surface area contributed by atoms with Crippen molar-refractivity contribution in [1.82, 2.24) is 26.6 Å². The minimum absolute atomic E-state index is 0.00780. The molecule has 0 aromatic heterocycles. The topological polar surface area (TPSA) is 295 Å². The van der Waals surface area contributed by atoms with Gasteiger partial charge in [-0.25, -0.2) is 4.79 Å². The summed E-state index contributed by atoms with van der Waals surface area (Å²) in [7, 11) is 0. The lowest BCUT2D eigenvalue weighted by Gasteiger charge is -2.29. The van der Waals surface area contributed by atoms with E-state index in [0.717, 1.165) is 0 Å². The highest BCUT2D eigenvalue weighted by Gasteiger charge is 2.34. The largest absolute Gasteiger partial charge is 0.480 e. The Balaban J connectivity index is 3.07. The number of benzene rings is 1. The zero-order valence-corrected chi connectivity index (χ0v) is 28.3. The Morgan fingerprint density at radius 3 is 1.88 bits per heavy atom. The number of carboxylic acids is 1. The molecule has 1 aromatic carbocycles. The number of amides is 7. The van der Waals surface area contributed by atoms with Crippen LogP contribution in [0.5, 0.6) is 0 Å². The molecular weight excluding hydrogens is 640 g/mol. The van der Waals surface area contributed by atoms with Crippen LogP contribution in [0.2, 0.25) is 0 Å². The van der Waals surface area contributed by atoms with Crippen LogP contribution < -0.4 is 43.8 Å². The van der Waals surface area contributed by atoms with Crippen molar-refractivity contribution in [2.75, 3.05) is 6.54 Å². The van der Waals surface area contributed by atoms with E-state index in [9.17, 15) is 43.5 Å². The first-order chi connectivity index (χ1) is 22.9. The summed E-state index contributed by atoms with van der Waals surface area (Å²) in [5.41, 5.74) is 16.7. The molecule has 0 unspecified atom stereocenters. The third-order valence-corrected chi connectivity index (χ3v) is 7.55. The first kappa shape index (κ1) is 42.0. The van der Waals surface area contributed by atoms with E-state index in [1.54, 1.807) is 58.0 Å². The Labute approximate surface area is 285 Å². The predicted molar refractivity (Wildman–Crippen MR) is 178 cm³/mol. The average molecular weight is 691 g/mol. The summed E-state index contributed by atoms with van der Waals surface area (Å²) in [6.07, 6.45) is -0.303. The molecule has 272 valence electrons. The van der Waals surface area contributed by atoms with E-state index in [-0.39, 0.29) is 31.6 Å². The lowest BCUT2D eigenvalue weighted by Crippen LogP contribution is -2.60.